The monoisotopic (exact) mass is 402 g/mol. The first-order chi connectivity index (χ1) is 13.0. The molecule has 0 aliphatic heterocycles. The topological polar surface area (TPSA) is 105 Å². The number of likely N-dealkylation sites (N-methyl/N-ethyl adjacent to an activating group) is 1. The van der Waals surface area contributed by atoms with Crippen molar-refractivity contribution in [3.63, 3.8) is 0 Å². The standard InChI is InChI=1S/C19H22N6O2.ClH/c1-4-14-9-16(26)24-18(22-14)12-6-5-7-15(8-12)23-19(27)17(20-2)13-10-21-25(3)11-13;/h5-11,17,20H,4H2,1-3H3,(H,23,27)(H,22,24,26);1H. The number of aromatic nitrogens is 4. The summed E-state index contributed by atoms with van der Waals surface area (Å²) >= 11 is 0. The lowest BCUT2D eigenvalue weighted by Gasteiger charge is -2.15. The van der Waals surface area contributed by atoms with Crippen molar-refractivity contribution in [3.05, 3.63) is 64.3 Å². The van der Waals surface area contributed by atoms with Gasteiger partial charge in [-0.2, -0.15) is 5.10 Å². The zero-order chi connectivity index (χ0) is 19.4. The van der Waals surface area contributed by atoms with Crippen LogP contribution in [0.15, 0.2) is 47.5 Å². The Morgan fingerprint density at radius 3 is 2.75 bits per heavy atom. The van der Waals surface area contributed by atoms with E-state index in [1.807, 2.05) is 19.1 Å². The number of benzene rings is 1. The number of aromatic amines is 1. The summed E-state index contributed by atoms with van der Waals surface area (Å²) < 4.78 is 1.65. The average Bonchev–Trinajstić information content (AvgIpc) is 3.08. The number of amides is 1. The van der Waals surface area contributed by atoms with Gasteiger partial charge >= 0.3 is 0 Å². The van der Waals surface area contributed by atoms with Crippen LogP contribution in [0.1, 0.15) is 24.2 Å². The Kier molecular flexibility index (Phi) is 7.08. The molecule has 0 bridgehead atoms. The molecule has 0 radical (unpaired) electrons. The summed E-state index contributed by atoms with van der Waals surface area (Å²) in [6, 6.07) is 8.18. The Morgan fingerprint density at radius 1 is 1.32 bits per heavy atom. The van der Waals surface area contributed by atoms with E-state index in [4.69, 9.17) is 0 Å². The summed E-state index contributed by atoms with van der Waals surface area (Å²) in [5.41, 5.74) is 2.64. The molecule has 3 aromatic rings. The quantitative estimate of drug-likeness (QED) is 0.585. The molecular weight excluding hydrogens is 380 g/mol. The van der Waals surface area contributed by atoms with Gasteiger partial charge < -0.3 is 15.6 Å². The number of nitrogens with zero attached hydrogens (tertiary/aromatic N) is 3. The van der Waals surface area contributed by atoms with E-state index in [1.54, 1.807) is 43.3 Å². The fraction of sp³-hybridized carbons (Fsp3) is 0.263. The van der Waals surface area contributed by atoms with Crippen molar-refractivity contribution in [2.75, 3.05) is 12.4 Å². The van der Waals surface area contributed by atoms with E-state index in [0.29, 0.717) is 17.9 Å². The minimum Gasteiger partial charge on any atom is -0.324 e. The molecule has 148 valence electrons. The molecule has 3 N–H and O–H groups in total. The van der Waals surface area contributed by atoms with Gasteiger partial charge in [0, 0.05) is 41.8 Å². The molecule has 1 amide bonds. The predicted octanol–water partition coefficient (Wildman–Crippen LogP) is 2.05. The third-order valence-corrected chi connectivity index (χ3v) is 4.17. The smallest absolute Gasteiger partial charge is 0.251 e. The van der Waals surface area contributed by atoms with Gasteiger partial charge in [-0.05, 0) is 25.6 Å². The molecule has 0 saturated carbocycles. The Hall–Kier alpha value is -2.97. The summed E-state index contributed by atoms with van der Waals surface area (Å²) in [4.78, 5) is 31.7. The van der Waals surface area contributed by atoms with Gasteiger partial charge in [-0.1, -0.05) is 19.1 Å². The van der Waals surface area contributed by atoms with Crippen molar-refractivity contribution < 1.29 is 4.79 Å². The molecule has 2 aromatic heterocycles. The Morgan fingerprint density at radius 2 is 2.11 bits per heavy atom. The SMILES string of the molecule is CCc1cc(=O)[nH]c(-c2cccc(NC(=O)C(NC)c3cnn(C)c3)c2)n1.Cl. The molecule has 1 aromatic carbocycles. The number of hydrogen-bond donors (Lipinski definition) is 3. The first-order valence-corrected chi connectivity index (χ1v) is 8.67. The summed E-state index contributed by atoms with van der Waals surface area (Å²) in [6.07, 6.45) is 4.12. The number of nitrogens with one attached hydrogen (secondary N) is 3. The van der Waals surface area contributed by atoms with Gasteiger partial charge in [0.25, 0.3) is 5.56 Å². The van der Waals surface area contributed by atoms with Crippen molar-refractivity contribution in [3.8, 4) is 11.4 Å². The van der Waals surface area contributed by atoms with Crippen LogP contribution in [-0.4, -0.2) is 32.7 Å². The van der Waals surface area contributed by atoms with Crippen molar-refractivity contribution in [1.82, 2.24) is 25.1 Å². The molecule has 1 atom stereocenters. The lowest BCUT2D eigenvalue weighted by Crippen LogP contribution is -2.30. The lowest BCUT2D eigenvalue weighted by atomic mass is 10.1. The van der Waals surface area contributed by atoms with Gasteiger partial charge in [0.15, 0.2) is 0 Å². The zero-order valence-electron chi connectivity index (χ0n) is 15.9. The zero-order valence-corrected chi connectivity index (χ0v) is 16.7. The molecule has 9 heteroatoms. The van der Waals surface area contributed by atoms with Gasteiger partial charge in [0.05, 0.1) is 6.20 Å². The Labute approximate surface area is 168 Å². The second-order valence-corrected chi connectivity index (χ2v) is 6.18. The molecule has 2 heterocycles. The molecule has 0 fully saturated rings. The molecule has 0 saturated heterocycles. The first-order valence-electron chi connectivity index (χ1n) is 8.67. The van der Waals surface area contributed by atoms with Crippen LogP contribution < -0.4 is 16.2 Å². The normalized spacial score (nSPS) is 11.5. The Bertz CT molecular complexity index is 1010. The van der Waals surface area contributed by atoms with E-state index < -0.39 is 6.04 Å². The number of anilines is 1. The molecule has 1 unspecified atom stereocenters. The van der Waals surface area contributed by atoms with E-state index in [0.717, 1.165) is 16.8 Å². The molecule has 8 nitrogen and oxygen atoms in total. The third-order valence-electron chi connectivity index (χ3n) is 4.17. The van der Waals surface area contributed by atoms with Crippen LogP contribution in [0.3, 0.4) is 0 Å². The third kappa shape index (κ3) is 4.85. The highest BCUT2D eigenvalue weighted by Gasteiger charge is 2.20. The highest BCUT2D eigenvalue weighted by Crippen LogP contribution is 2.21. The second-order valence-electron chi connectivity index (χ2n) is 6.18. The number of aryl methyl sites for hydroxylation is 2. The minimum atomic E-state index is -0.524. The number of halogens is 1. The largest absolute Gasteiger partial charge is 0.324 e. The summed E-state index contributed by atoms with van der Waals surface area (Å²) in [5, 5.41) is 10.00. The van der Waals surface area contributed by atoms with Crippen LogP contribution in [0.2, 0.25) is 0 Å². The van der Waals surface area contributed by atoms with E-state index >= 15 is 0 Å². The first kappa shape index (κ1) is 21.3. The second kappa shape index (κ2) is 9.29. The van der Waals surface area contributed by atoms with Gasteiger partial charge in [0.2, 0.25) is 5.91 Å². The minimum absolute atomic E-state index is 0. The van der Waals surface area contributed by atoms with Gasteiger partial charge in [-0.15, -0.1) is 12.4 Å². The summed E-state index contributed by atoms with van der Waals surface area (Å²) in [6.45, 7) is 1.94. The van der Waals surface area contributed by atoms with Crippen molar-refractivity contribution >= 4 is 24.0 Å². The molecule has 0 spiro atoms. The summed E-state index contributed by atoms with van der Waals surface area (Å²) in [5.74, 6) is 0.277. The van der Waals surface area contributed by atoms with Crippen molar-refractivity contribution in [1.29, 1.82) is 0 Å². The van der Waals surface area contributed by atoms with E-state index in [9.17, 15) is 9.59 Å². The van der Waals surface area contributed by atoms with Crippen LogP contribution in [0, 0.1) is 0 Å². The molecule has 0 aliphatic rings. The van der Waals surface area contributed by atoms with E-state index in [1.165, 1.54) is 6.07 Å². The number of hydrogen-bond acceptors (Lipinski definition) is 5. The van der Waals surface area contributed by atoms with E-state index in [-0.39, 0.29) is 23.9 Å². The van der Waals surface area contributed by atoms with Gasteiger partial charge in [-0.25, -0.2) is 4.98 Å². The average molecular weight is 403 g/mol. The molecule has 3 rings (SSSR count). The van der Waals surface area contributed by atoms with Crippen LogP contribution >= 0.6 is 12.4 Å². The van der Waals surface area contributed by atoms with E-state index in [2.05, 4.69) is 25.7 Å². The fourth-order valence-electron chi connectivity index (χ4n) is 2.82. The Balaban J connectivity index is 0.00000280. The maximum Gasteiger partial charge on any atom is 0.251 e. The molecule has 0 aliphatic carbocycles. The number of rotatable bonds is 6. The maximum atomic E-state index is 12.7. The number of carbonyl (C=O) groups excluding carboxylic acids is 1. The highest BCUT2D eigenvalue weighted by molar-refractivity contribution is 5.95. The van der Waals surface area contributed by atoms with Crippen LogP contribution in [-0.2, 0) is 18.3 Å². The maximum absolute atomic E-state index is 12.7. The summed E-state index contributed by atoms with van der Waals surface area (Å²) in [7, 11) is 3.52. The lowest BCUT2D eigenvalue weighted by molar-refractivity contribution is -0.118. The molecule has 28 heavy (non-hydrogen) atoms. The van der Waals surface area contributed by atoms with Crippen LogP contribution in [0.4, 0.5) is 5.69 Å². The van der Waals surface area contributed by atoms with Crippen molar-refractivity contribution in [2.24, 2.45) is 7.05 Å². The molecular formula is C19H23ClN6O2. The number of carbonyl (C=O) groups is 1. The van der Waals surface area contributed by atoms with Gasteiger partial charge in [0.1, 0.15) is 11.9 Å². The van der Waals surface area contributed by atoms with Crippen LogP contribution in [0.25, 0.3) is 11.4 Å². The van der Waals surface area contributed by atoms with Gasteiger partial charge in [-0.3, -0.25) is 14.3 Å². The highest BCUT2D eigenvalue weighted by atomic mass is 35.5. The predicted molar refractivity (Wildman–Crippen MR) is 111 cm³/mol. The number of H-pyrrole nitrogens is 1. The van der Waals surface area contributed by atoms with Crippen LogP contribution in [0.5, 0.6) is 0 Å². The van der Waals surface area contributed by atoms with Crippen molar-refractivity contribution in [2.45, 2.75) is 19.4 Å². The fourth-order valence-corrected chi connectivity index (χ4v) is 2.82.